The van der Waals surface area contributed by atoms with E-state index < -0.39 is 0 Å². The van der Waals surface area contributed by atoms with E-state index in [1.54, 1.807) is 29.2 Å². The number of carbonyl (C=O) groups is 1. The standard InChI is InChI=1S/C22H27NO3.ClH/c1-18-8-5-6-15-23(18)16-7-17-25-22(24)19-11-13-21(14-12-19)26-20-9-3-2-4-10-20;/h2-4,9-14,18H,5-8,15-17H2,1H3;1H. The average Bonchev–Trinajstić information content (AvgIpc) is 2.68. The lowest BCUT2D eigenvalue weighted by Crippen LogP contribution is -3.16. The quantitative estimate of drug-likeness (QED) is 0.553. The number of hydrogen-bond acceptors (Lipinski definition) is 3. The van der Waals surface area contributed by atoms with Crippen molar-refractivity contribution in [3.63, 3.8) is 0 Å². The Morgan fingerprint density at radius 1 is 1.04 bits per heavy atom. The van der Waals surface area contributed by atoms with E-state index in [9.17, 15) is 4.79 Å². The van der Waals surface area contributed by atoms with Gasteiger partial charge in [-0.25, -0.2) is 4.79 Å². The van der Waals surface area contributed by atoms with Gasteiger partial charge in [-0.05, 0) is 62.6 Å². The van der Waals surface area contributed by atoms with Crippen LogP contribution in [0.3, 0.4) is 0 Å². The van der Waals surface area contributed by atoms with E-state index in [-0.39, 0.29) is 18.4 Å². The van der Waals surface area contributed by atoms with Gasteiger partial charge >= 0.3 is 5.97 Å². The molecular weight excluding hydrogens is 362 g/mol. The van der Waals surface area contributed by atoms with Gasteiger partial charge < -0.3 is 26.8 Å². The number of para-hydroxylation sites is 1. The number of carbonyl (C=O) groups excluding carboxylic acids is 1. The summed E-state index contributed by atoms with van der Waals surface area (Å²) in [6, 6.07) is 17.4. The molecule has 0 aliphatic carbocycles. The number of piperidine rings is 1. The molecule has 4 nitrogen and oxygen atoms in total. The van der Waals surface area contributed by atoms with Crippen LogP contribution in [0.2, 0.25) is 0 Å². The minimum Gasteiger partial charge on any atom is -1.00 e. The number of hydrogen-bond donors (Lipinski definition) is 1. The van der Waals surface area contributed by atoms with Crippen LogP contribution in [0.15, 0.2) is 54.6 Å². The van der Waals surface area contributed by atoms with Crippen molar-refractivity contribution in [3.05, 3.63) is 60.2 Å². The largest absolute Gasteiger partial charge is 1.00 e. The van der Waals surface area contributed by atoms with Gasteiger partial charge in [0.25, 0.3) is 0 Å². The van der Waals surface area contributed by atoms with Crippen molar-refractivity contribution >= 4 is 5.97 Å². The third kappa shape index (κ3) is 6.56. The van der Waals surface area contributed by atoms with Gasteiger partial charge in [0.05, 0.1) is 31.3 Å². The minimum absolute atomic E-state index is 0. The number of ether oxygens (including phenoxy) is 2. The first-order valence-electron chi connectivity index (χ1n) is 9.57. The van der Waals surface area contributed by atoms with E-state index >= 15 is 0 Å². The van der Waals surface area contributed by atoms with Gasteiger partial charge in [0.1, 0.15) is 11.5 Å². The van der Waals surface area contributed by atoms with E-state index in [1.165, 1.54) is 25.8 Å². The highest BCUT2D eigenvalue weighted by Crippen LogP contribution is 2.21. The summed E-state index contributed by atoms with van der Waals surface area (Å²) in [5, 5.41) is 0. The van der Waals surface area contributed by atoms with Crippen LogP contribution in [-0.4, -0.2) is 31.7 Å². The summed E-state index contributed by atoms with van der Waals surface area (Å²) in [6.45, 7) is 5.13. The summed E-state index contributed by atoms with van der Waals surface area (Å²) < 4.78 is 11.2. The summed E-state index contributed by atoms with van der Waals surface area (Å²) in [5.41, 5.74) is 0.559. The predicted molar refractivity (Wildman–Crippen MR) is 102 cm³/mol. The van der Waals surface area contributed by atoms with Gasteiger partial charge in [0.15, 0.2) is 0 Å². The molecule has 1 heterocycles. The van der Waals surface area contributed by atoms with E-state index in [0.717, 1.165) is 24.8 Å². The van der Waals surface area contributed by atoms with Crippen LogP contribution in [0, 0.1) is 0 Å². The lowest BCUT2D eigenvalue weighted by molar-refractivity contribution is -0.928. The second-order valence-corrected chi connectivity index (χ2v) is 6.98. The van der Waals surface area contributed by atoms with Crippen LogP contribution in [0.1, 0.15) is 43.0 Å². The molecule has 1 saturated heterocycles. The lowest BCUT2D eigenvalue weighted by atomic mass is 10.0. The number of likely N-dealkylation sites (tertiary alicyclic amines) is 1. The molecule has 0 bridgehead atoms. The Hall–Kier alpha value is -2.04. The highest BCUT2D eigenvalue weighted by atomic mass is 35.5. The van der Waals surface area contributed by atoms with E-state index in [2.05, 4.69) is 6.92 Å². The van der Waals surface area contributed by atoms with E-state index in [1.807, 2.05) is 30.3 Å². The minimum atomic E-state index is -0.266. The fourth-order valence-corrected chi connectivity index (χ4v) is 3.46. The third-order valence-corrected chi connectivity index (χ3v) is 5.03. The molecule has 2 aromatic carbocycles. The Morgan fingerprint density at radius 3 is 2.44 bits per heavy atom. The maximum absolute atomic E-state index is 12.2. The molecule has 1 aliphatic heterocycles. The predicted octanol–water partition coefficient (Wildman–Crippen LogP) is 0.487. The zero-order valence-electron chi connectivity index (χ0n) is 15.8. The molecule has 146 valence electrons. The molecule has 2 aromatic rings. The van der Waals surface area contributed by atoms with Crippen molar-refractivity contribution in [2.45, 2.75) is 38.6 Å². The molecule has 5 heteroatoms. The monoisotopic (exact) mass is 389 g/mol. The number of benzene rings is 2. The van der Waals surface area contributed by atoms with Crippen molar-refractivity contribution in [1.82, 2.24) is 0 Å². The summed E-state index contributed by atoms with van der Waals surface area (Å²) >= 11 is 0. The fraction of sp³-hybridized carbons (Fsp3) is 0.409. The highest BCUT2D eigenvalue weighted by Gasteiger charge is 2.21. The van der Waals surface area contributed by atoms with Crippen LogP contribution >= 0.6 is 0 Å². The summed E-state index contributed by atoms with van der Waals surface area (Å²) in [6.07, 6.45) is 4.90. The molecule has 0 aromatic heterocycles. The number of esters is 1. The van der Waals surface area contributed by atoms with Crippen molar-refractivity contribution < 1.29 is 31.6 Å². The Bertz CT molecular complexity index is 690. The molecule has 3 rings (SSSR count). The second-order valence-electron chi connectivity index (χ2n) is 6.98. The molecule has 2 unspecified atom stereocenters. The molecule has 1 N–H and O–H groups in total. The van der Waals surface area contributed by atoms with Crippen LogP contribution in [0.4, 0.5) is 0 Å². The normalized spacial score (nSPS) is 19.0. The zero-order chi connectivity index (χ0) is 18.2. The van der Waals surface area contributed by atoms with Gasteiger partial charge in [0, 0.05) is 6.42 Å². The molecule has 1 fully saturated rings. The Morgan fingerprint density at radius 2 is 1.74 bits per heavy atom. The number of halogens is 1. The van der Waals surface area contributed by atoms with Crippen LogP contribution in [-0.2, 0) is 4.74 Å². The van der Waals surface area contributed by atoms with Crippen molar-refractivity contribution in [1.29, 1.82) is 0 Å². The number of rotatable bonds is 7. The van der Waals surface area contributed by atoms with Gasteiger partial charge in [-0.15, -0.1) is 0 Å². The molecule has 0 radical (unpaired) electrons. The first kappa shape index (κ1) is 21.3. The van der Waals surface area contributed by atoms with E-state index in [4.69, 9.17) is 9.47 Å². The lowest BCUT2D eigenvalue weighted by Gasteiger charge is -2.30. The maximum Gasteiger partial charge on any atom is 0.338 e. The van der Waals surface area contributed by atoms with Gasteiger partial charge in [0.2, 0.25) is 0 Å². The molecule has 0 amide bonds. The highest BCUT2D eigenvalue weighted by molar-refractivity contribution is 5.89. The Kier molecular flexibility index (Phi) is 8.62. The fourth-order valence-electron chi connectivity index (χ4n) is 3.46. The van der Waals surface area contributed by atoms with E-state index in [0.29, 0.717) is 17.9 Å². The topological polar surface area (TPSA) is 40.0 Å². The molecule has 27 heavy (non-hydrogen) atoms. The van der Waals surface area contributed by atoms with Gasteiger partial charge in [-0.3, -0.25) is 0 Å². The first-order valence-corrected chi connectivity index (χ1v) is 9.57. The number of nitrogens with one attached hydrogen (secondary N) is 1. The van der Waals surface area contributed by atoms with Crippen molar-refractivity contribution in [2.24, 2.45) is 0 Å². The van der Waals surface area contributed by atoms with Crippen molar-refractivity contribution in [3.8, 4) is 11.5 Å². The van der Waals surface area contributed by atoms with Gasteiger partial charge in [-0.2, -0.15) is 0 Å². The Balaban J connectivity index is 0.00000261. The SMILES string of the molecule is CC1CCCC[NH+]1CCCOC(=O)c1ccc(Oc2ccccc2)cc1.[Cl-]. The number of quaternary nitrogens is 1. The maximum atomic E-state index is 12.2. The summed E-state index contributed by atoms with van der Waals surface area (Å²) in [4.78, 5) is 13.8. The zero-order valence-corrected chi connectivity index (χ0v) is 16.6. The average molecular weight is 390 g/mol. The molecule has 2 atom stereocenters. The van der Waals surface area contributed by atoms with Crippen molar-refractivity contribution in [2.75, 3.05) is 19.7 Å². The van der Waals surface area contributed by atoms with Crippen LogP contribution < -0.4 is 22.0 Å². The van der Waals surface area contributed by atoms with Crippen LogP contribution in [0.5, 0.6) is 11.5 Å². The summed E-state index contributed by atoms with van der Waals surface area (Å²) in [5.74, 6) is 1.21. The second kappa shape index (κ2) is 11.0. The van der Waals surface area contributed by atoms with Gasteiger partial charge in [-0.1, -0.05) is 18.2 Å². The first-order chi connectivity index (χ1) is 12.7. The summed E-state index contributed by atoms with van der Waals surface area (Å²) in [7, 11) is 0. The third-order valence-electron chi connectivity index (χ3n) is 5.03. The Labute approximate surface area is 167 Å². The molecular formula is C22H28ClNO3. The molecule has 0 saturated carbocycles. The smallest absolute Gasteiger partial charge is 0.338 e. The van der Waals surface area contributed by atoms with Crippen LogP contribution in [0.25, 0.3) is 0 Å². The molecule has 0 spiro atoms. The molecule has 1 aliphatic rings.